The van der Waals surface area contributed by atoms with Crippen LogP contribution in [-0.2, 0) is 4.79 Å². The molecule has 0 heterocycles. The van der Waals surface area contributed by atoms with E-state index in [1.165, 1.54) is 0 Å². The highest BCUT2D eigenvalue weighted by Gasteiger charge is 1.95. The second-order valence-electron chi connectivity index (χ2n) is 1.46. The molecule has 0 saturated carbocycles. The Bertz CT molecular complexity index is 74.8. The highest BCUT2D eigenvalue weighted by molar-refractivity contribution is 9.09. The molecule has 0 saturated heterocycles. The lowest BCUT2D eigenvalue weighted by atomic mass is 10.3. The first-order chi connectivity index (χ1) is 3.81. The Balaban J connectivity index is 2.99. The monoisotopic (exact) mass is 198 g/mol. The summed E-state index contributed by atoms with van der Waals surface area (Å²) < 4.78 is 0. The normalized spacial score (nSPS) is 9.25. The van der Waals surface area contributed by atoms with E-state index in [4.69, 9.17) is 11.6 Å². The van der Waals surface area contributed by atoms with Crippen LogP contribution in [0.15, 0.2) is 0 Å². The van der Waals surface area contributed by atoms with E-state index in [1.807, 2.05) is 0 Å². The van der Waals surface area contributed by atoms with Gasteiger partial charge >= 0.3 is 0 Å². The quantitative estimate of drug-likeness (QED) is 0.633. The number of alkyl halides is 2. The lowest BCUT2D eigenvalue weighted by Gasteiger charge is -1.89. The molecule has 0 bridgehead atoms. The van der Waals surface area contributed by atoms with Crippen molar-refractivity contribution in [1.29, 1.82) is 0 Å². The van der Waals surface area contributed by atoms with Crippen LogP contribution >= 0.6 is 27.5 Å². The predicted octanol–water partition coefficient (Wildman–Crippen LogP) is 1.97. The number of hydrogen-bond donors (Lipinski definition) is 0. The molecule has 3 heteroatoms. The van der Waals surface area contributed by atoms with Crippen LogP contribution in [0, 0.1) is 0 Å². The minimum Gasteiger partial charge on any atom is -0.298 e. The lowest BCUT2D eigenvalue weighted by Crippen LogP contribution is -1.97. The standard InChI is InChI=1S/C5H8BrClO/c6-3-1-2-5(8)4-7/h1-4H2. The van der Waals surface area contributed by atoms with Crippen molar-refractivity contribution in [3.05, 3.63) is 0 Å². The van der Waals surface area contributed by atoms with Crippen molar-refractivity contribution < 1.29 is 4.79 Å². The van der Waals surface area contributed by atoms with E-state index in [0.717, 1.165) is 11.8 Å². The number of halogens is 2. The van der Waals surface area contributed by atoms with Crippen molar-refractivity contribution in [1.82, 2.24) is 0 Å². The number of ketones is 1. The third-order valence-electron chi connectivity index (χ3n) is 0.738. The van der Waals surface area contributed by atoms with Crippen LogP contribution in [0.1, 0.15) is 12.8 Å². The van der Waals surface area contributed by atoms with E-state index in [-0.39, 0.29) is 11.7 Å². The van der Waals surface area contributed by atoms with Gasteiger partial charge in [0.1, 0.15) is 5.78 Å². The summed E-state index contributed by atoms with van der Waals surface area (Å²) in [4.78, 5) is 10.4. The van der Waals surface area contributed by atoms with E-state index in [2.05, 4.69) is 15.9 Å². The zero-order valence-corrected chi connectivity index (χ0v) is 6.83. The average molecular weight is 199 g/mol. The summed E-state index contributed by atoms with van der Waals surface area (Å²) in [5.41, 5.74) is 0. The Labute approximate surface area is 62.5 Å². The summed E-state index contributed by atoms with van der Waals surface area (Å²) >= 11 is 8.43. The van der Waals surface area contributed by atoms with E-state index >= 15 is 0 Å². The van der Waals surface area contributed by atoms with Crippen LogP contribution in [-0.4, -0.2) is 17.0 Å². The predicted molar refractivity (Wildman–Crippen MR) is 38.8 cm³/mol. The van der Waals surface area contributed by atoms with Gasteiger partial charge in [-0.3, -0.25) is 4.79 Å². The van der Waals surface area contributed by atoms with Gasteiger partial charge in [0.15, 0.2) is 0 Å². The van der Waals surface area contributed by atoms with Gasteiger partial charge in [-0.15, -0.1) is 11.6 Å². The van der Waals surface area contributed by atoms with Gasteiger partial charge in [-0.05, 0) is 6.42 Å². The van der Waals surface area contributed by atoms with Gasteiger partial charge in [0.25, 0.3) is 0 Å². The third kappa shape index (κ3) is 4.60. The van der Waals surface area contributed by atoms with Crippen LogP contribution in [0.2, 0.25) is 0 Å². The summed E-state index contributed by atoms with van der Waals surface area (Å²) in [6, 6.07) is 0. The summed E-state index contributed by atoms with van der Waals surface area (Å²) in [6.07, 6.45) is 1.50. The highest BCUT2D eigenvalue weighted by Crippen LogP contribution is 1.95. The molecule has 0 atom stereocenters. The Hall–Kier alpha value is 0.440. The van der Waals surface area contributed by atoms with Crippen molar-refractivity contribution >= 4 is 33.3 Å². The third-order valence-corrected chi connectivity index (χ3v) is 1.60. The number of carbonyl (C=O) groups is 1. The summed E-state index contributed by atoms with van der Waals surface area (Å²) in [7, 11) is 0. The molecule has 0 amide bonds. The maximum absolute atomic E-state index is 10.4. The molecular weight excluding hydrogens is 191 g/mol. The number of hydrogen-bond acceptors (Lipinski definition) is 1. The van der Waals surface area contributed by atoms with Crippen LogP contribution in [0.3, 0.4) is 0 Å². The first-order valence-electron chi connectivity index (χ1n) is 2.45. The van der Waals surface area contributed by atoms with E-state index in [9.17, 15) is 4.79 Å². The van der Waals surface area contributed by atoms with Gasteiger partial charge in [-0.2, -0.15) is 0 Å². The van der Waals surface area contributed by atoms with Crippen molar-refractivity contribution in [2.75, 3.05) is 11.2 Å². The Morgan fingerprint density at radius 3 is 2.62 bits per heavy atom. The number of rotatable bonds is 4. The van der Waals surface area contributed by atoms with Gasteiger partial charge in [-0.1, -0.05) is 15.9 Å². The summed E-state index contributed by atoms with van der Waals surface area (Å²) in [6.45, 7) is 0. The molecule has 0 radical (unpaired) electrons. The molecular formula is C5H8BrClO. The molecule has 0 aromatic heterocycles. The van der Waals surface area contributed by atoms with E-state index in [1.54, 1.807) is 0 Å². The second-order valence-corrected chi connectivity index (χ2v) is 2.53. The minimum absolute atomic E-state index is 0.131. The second kappa shape index (κ2) is 5.57. The molecule has 8 heavy (non-hydrogen) atoms. The van der Waals surface area contributed by atoms with Crippen molar-refractivity contribution in [3.63, 3.8) is 0 Å². The Morgan fingerprint density at radius 1 is 1.62 bits per heavy atom. The van der Waals surface area contributed by atoms with Crippen molar-refractivity contribution in [3.8, 4) is 0 Å². The molecule has 0 fully saturated rings. The van der Waals surface area contributed by atoms with E-state index in [0.29, 0.717) is 6.42 Å². The van der Waals surface area contributed by atoms with E-state index < -0.39 is 0 Å². The minimum atomic E-state index is 0.131. The molecule has 0 aliphatic rings. The maximum Gasteiger partial charge on any atom is 0.147 e. The van der Waals surface area contributed by atoms with Crippen LogP contribution in [0.5, 0.6) is 0 Å². The SMILES string of the molecule is O=C(CCl)CCCBr. The Morgan fingerprint density at radius 2 is 2.25 bits per heavy atom. The van der Waals surface area contributed by atoms with Crippen molar-refractivity contribution in [2.24, 2.45) is 0 Å². The fourth-order valence-electron chi connectivity index (χ4n) is 0.331. The van der Waals surface area contributed by atoms with Crippen LogP contribution in [0.4, 0.5) is 0 Å². The van der Waals surface area contributed by atoms with Crippen molar-refractivity contribution in [2.45, 2.75) is 12.8 Å². The molecule has 0 aromatic rings. The first-order valence-corrected chi connectivity index (χ1v) is 4.10. The van der Waals surface area contributed by atoms with Crippen LogP contribution < -0.4 is 0 Å². The molecule has 0 aliphatic carbocycles. The highest BCUT2D eigenvalue weighted by atomic mass is 79.9. The molecule has 0 N–H and O–H groups in total. The van der Waals surface area contributed by atoms with Crippen LogP contribution in [0.25, 0.3) is 0 Å². The summed E-state index contributed by atoms with van der Waals surface area (Å²) in [5, 5.41) is 0.885. The lowest BCUT2D eigenvalue weighted by molar-refractivity contribution is -0.116. The summed E-state index contributed by atoms with van der Waals surface area (Å²) in [5.74, 6) is 0.290. The van der Waals surface area contributed by atoms with Gasteiger partial charge in [-0.25, -0.2) is 0 Å². The maximum atomic E-state index is 10.4. The molecule has 0 unspecified atom stereocenters. The zero-order chi connectivity index (χ0) is 6.41. The number of carbonyl (C=O) groups excluding carboxylic acids is 1. The molecule has 0 rings (SSSR count). The molecule has 1 nitrogen and oxygen atoms in total. The first kappa shape index (κ1) is 8.44. The molecule has 48 valence electrons. The number of Topliss-reactive ketones (excluding diaryl/α,β-unsaturated/α-hetero) is 1. The molecule has 0 aromatic carbocycles. The fraction of sp³-hybridized carbons (Fsp3) is 0.800. The average Bonchev–Trinajstić information content (AvgIpc) is 1.83. The fourth-order valence-corrected chi connectivity index (χ4v) is 0.745. The van der Waals surface area contributed by atoms with Gasteiger partial charge < -0.3 is 0 Å². The van der Waals surface area contributed by atoms with Gasteiger partial charge in [0.2, 0.25) is 0 Å². The topological polar surface area (TPSA) is 17.1 Å². The van der Waals surface area contributed by atoms with Gasteiger partial charge in [0.05, 0.1) is 5.88 Å². The largest absolute Gasteiger partial charge is 0.298 e. The van der Waals surface area contributed by atoms with Gasteiger partial charge in [0, 0.05) is 11.8 Å². The molecule has 0 aliphatic heterocycles. The molecule has 0 spiro atoms. The Kier molecular flexibility index (Phi) is 5.88. The smallest absolute Gasteiger partial charge is 0.147 e. The zero-order valence-electron chi connectivity index (χ0n) is 4.49.